The third-order valence-electron chi connectivity index (χ3n) is 5.18. The van der Waals surface area contributed by atoms with E-state index in [1.165, 1.54) is 0 Å². The predicted molar refractivity (Wildman–Crippen MR) is 103 cm³/mol. The molecule has 0 aromatic carbocycles. The molecule has 1 aromatic heterocycles. The third-order valence-corrected chi connectivity index (χ3v) is 9.68. The molecule has 25 heavy (non-hydrogen) atoms. The number of hydrogen-bond donors (Lipinski definition) is 1. The molecule has 0 atom stereocenters. The zero-order valence-corrected chi connectivity index (χ0v) is 17.0. The first-order chi connectivity index (χ1) is 11.5. The molecular formula is C18H29N3O3Si. The van der Waals surface area contributed by atoms with Crippen molar-refractivity contribution < 1.29 is 9.22 Å². The lowest BCUT2D eigenvalue weighted by molar-refractivity contribution is -0.121. The fourth-order valence-electron chi connectivity index (χ4n) is 2.26. The summed E-state index contributed by atoms with van der Waals surface area (Å²) in [6, 6.07) is 0. The van der Waals surface area contributed by atoms with Crippen LogP contribution in [0, 0.1) is 5.92 Å². The summed E-state index contributed by atoms with van der Waals surface area (Å²) in [5.74, 6) is 0.551. The minimum absolute atomic E-state index is 0.0124. The number of hydrogen-bond acceptors (Lipinski definition) is 5. The summed E-state index contributed by atoms with van der Waals surface area (Å²) in [5, 5.41) is 0.176. The number of anilines is 1. The Morgan fingerprint density at radius 3 is 2.64 bits per heavy atom. The van der Waals surface area contributed by atoms with Crippen LogP contribution in [0.2, 0.25) is 18.1 Å². The fourth-order valence-corrected chi connectivity index (χ4v) is 3.21. The van der Waals surface area contributed by atoms with Crippen LogP contribution in [-0.2, 0) is 9.22 Å². The molecule has 6 nitrogen and oxygen atoms in total. The van der Waals surface area contributed by atoms with Gasteiger partial charge in [0.2, 0.25) is 0 Å². The molecule has 0 radical (unpaired) electrons. The van der Waals surface area contributed by atoms with Gasteiger partial charge >= 0.3 is 0 Å². The Labute approximate surface area is 150 Å². The van der Waals surface area contributed by atoms with Crippen LogP contribution in [0.3, 0.4) is 0 Å². The third kappa shape index (κ3) is 4.67. The first-order valence-electron chi connectivity index (χ1n) is 8.67. The summed E-state index contributed by atoms with van der Waals surface area (Å²) in [7, 11) is -1.77. The second-order valence-corrected chi connectivity index (χ2v) is 13.0. The average molecular weight is 364 g/mol. The molecule has 1 fully saturated rings. The number of ketones is 1. The highest BCUT2D eigenvalue weighted by Gasteiger charge is 2.36. The van der Waals surface area contributed by atoms with Gasteiger partial charge in [0, 0.05) is 19.3 Å². The van der Waals surface area contributed by atoms with Crippen molar-refractivity contribution >= 4 is 26.0 Å². The van der Waals surface area contributed by atoms with Gasteiger partial charge in [-0.1, -0.05) is 26.8 Å². The summed E-state index contributed by atoms with van der Waals surface area (Å²) < 4.78 is 6.09. The molecule has 0 amide bonds. The van der Waals surface area contributed by atoms with E-state index >= 15 is 0 Å². The van der Waals surface area contributed by atoms with Crippen molar-refractivity contribution in [1.82, 2.24) is 9.97 Å². The van der Waals surface area contributed by atoms with E-state index in [2.05, 4.69) is 43.8 Å². The molecule has 0 saturated carbocycles. The number of carbonyl (C=O) groups is 1. The Bertz CT molecular complexity index is 713. The monoisotopic (exact) mass is 363 g/mol. The van der Waals surface area contributed by atoms with E-state index in [1.807, 2.05) is 17.1 Å². The van der Waals surface area contributed by atoms with Crippen LogP contribution < -0.4 is 10.5 Å². The number of aromatic nitrogens is 2. The van der Waals surface area contributed by atoms with Gasteiger partial charge in [-0.2, -0.15) is 0 Å². The molecule has 0 spiro atoms. The van der Waals surface area contributed by atoms with E-state index in [-0.39, 0.29) is 22.3 Å². The summed E-state index contributed by atoms with van der Waals surface area (Å²) in [6.07, 6.45) is 5.38. The molecule has 2 rings (SSSR count). The molecule has 0 aliphatic carbocycles. The maximum atomic E-state index is 12.0. The quantitative estimate of drug-likeness (QED) is 0.787. The minimum atomic E-state index is -1.77. The van der Waals surface area contributed by atoms with Crippen LogP contribution in [0.1, 0.15) is 33.4 Å². The molecule has 138 valence electrons. The van der Waals surface area contributed by atoms with E-state index in [4.69, 9.17) is 4.43 Å². The van der Waals surface area contributed by atoms with Gasteiger partial charge in [-0.15, -0.1) is 0 Å². The van der Waals surface area contributed by atoms with Gasteiger partial charge in [0.05, 0.1) is 18.2 Å². The molecule has 0 bridgehead atoms. The van der Waals surface area contributed by atoms with E-state index < -0.39 is 8.32 Å². The van der Waals surface area contributed by atoms with Gasteiger partial charge in [-0.25, -0.2) is 4.98 Å². The summed E-state index contributed by atoms with van der Waals surface area (Å²) >= 11 is 0. The Kier molecular flexibility index (Phi) is 5.68. The zero-order valence-electron chi connectivity index (χ0n) is 16.0. The molecule has 1 saturated heterocycles. The van der Waals surface area contributed by atoms with Gasteiger partial charge in [-0.3, -0.25) is 9.59 Å². The number of rotatable bonds is 6. The van der Waals surface area contributed by atoms with Crippen LogP contribution in [0.4, 0.5) is 5.82 Å². The van der Waals surface area contributed by atoms with Crippen LogP contribution in [0.5, 0.6) is 0 Å². The number of aromatic amines is 1. The molecule has 1 aliphatic rings. The number of nitrogens with zero attached hydrogens (tertiary/aromatic N) is 2. The van der Waals surface area contributed by atoms with Crippen LogP contribution >= 0.6 is 0 Å². The van der Waals surface area contributed by atoms with Gasteiger partial charge < -0.3 is 14.3 Å². The number of Topliss-reactive ketones (excluding diaryl/α,β-unsaturated/α-hetero) is 1. The van der Waals surface area contributed by atoms with Gasteiger partial charge in [0.25, 0.3) is 5.56 Å². The molecule has 2 heterocycles. The molecule has 1 aromatic rings. The highest BCUT2D eigenvalue weighted by Crippen LogP contribution is 2.36. The highest BCUT2D eigenvalue weighted by atomic mass is 28.4. The van der Waals surface area contributed by atoms with Crippen molar-refractivity contribution in [1.29, 1.82) is 0 Å². The standard InChI is InChI=1S/C18H29N3O3Si/c1-13(22)14-11-21(12-14)16-17(23)19-10-15(20-16)8-7-9-24-25(5,6)18(2,3)4/h7-8,10,14H,9,11-12H2,1-6H3,(H,19,23)/b8-7+. The molecule has 7 heteroatoms. The lowest BCUT2D eigenvalue weighted by Gasteiger charge is -2.38. The number of nitrogens with one attached hydrogen (secondary N) is 1. The largest absolute Gasteiger partial charge is 0.413 e. The topological polar surface area (TPSA) is 75.3 Å². The van der Waals surface area contributed by atoms with Crippen molar-refractivity contribution in [2.75, 3.05) is 24.6 Å². The van der Waals surface area contributed by atoms with E-state index in [9.17, 15) is 9.59 Å². The first-order valence-corrected chi connectivity index (χ1v) is 11.6. The zero-order chi connectivity index (χ0) is 18.8. The minimum Gasteiger partial charge on any atom is -0.413 e. The van der Waals surface area contributed by atoms with Crippen molar-refractivity contribution in [3.63, 3.8) is 0 Å². The maximum Gasteiger partial charge on any atom is 0.290 e. The SMILES string of the molecule is CC(=O)C1CN(c2nc(/C=C/CO[Si](C)(C)C(C)(C)C)c[nH]c2=O)C1. The summed E-state index contributed by atoms with van der Waals surface area (Å²) in [4.78, 5) is 32.3. The molecular weight excluding hydrogens is 334 g/mol. The number of H-pyrrole nitrogens is 1. The van der Waals surface area contributed by atoms with Crippen LogP contribution in [0.15, 0.2) is 17.1 Å². The molecule has 0 unspecified atom stereocenters. The predicted octanol–water partition coefficient (Wildman–Crippen LogP) is 2.83. The second kappa shape index (κ2) is 7.25. The van der Waals surface area contributed by atoms with Crippen LogP contribution in [-0.4, -0.2) is 43.8 Å². The smallest absolute Gasteiger partial charge is 0.290 e. The Morgan fingerprint density at radius 2 is 2.08 bits per heavy atom. The Morgan fingerprint density at radius 1 is 1.44 bits per heavy atom. The summed E-state index contributed by atoms with van der Waals surface area (Å²) in [5.41, 5.74) is 0.455. The highest BCUT2D eigenvalue weighted by molar-refractivity contribution is 6.74. The van der Waals surface area contributed by atoms with Crippen molar-refractivity contribution in [3.05, 3.63) is 28.3 Å². The van der Waals surface area contributed by atoms with Crippen molar-refractivity contribution in [3.8, 4) is 0 Å². The second-order valence-electron chi connectivity index (χ2n) is 8.16. The lowest BCUT2D eigenvalue weighted by atomic mass is 9.96. The van der Waals surface area contributed by atoms with Crippen molar-refractivity contribution in [2.45, 2.75) is 45.8 Å². The Hall–Kier alpha value is -1.73. The maximum absolute atomic E-state index is 12.0. The molecule has 1 aliphatic heterocycles. The normalized spacial score (nSPS) is 16.3. The van der Waals surface area contributed by atoms with Gasteiger partial charge in [0.1, 0.15) is 5.78 Å². The van der Waals surface area contributed by atoms with Gasteiger partial charge in [-0.05, 0) is 31.1 Å². The average Bonchev–Trinajstić information content (AvgIpc) is 2.43. The van der Waals surface area contributed by atoms with Crippen LogP contribution in [0.25, 0.3) is 6.08 Å². The van der Waals surface area contributed by atoms with Gasteiger partial charge in [0.15, 0.2) is 14.1 Å². The Balaban J connectivity index is 1.98. The van der Waals surface area contributed by atoms with Crippen molar-refractivity contribution in [2.24, 2.45) is 5.92 Å². The first kappa shape index (κ1) is 19.6. The summed E-state index contributed by atoms with van der Waals surface area (Å²) in [6.45, 7) is 14.3. The van der Waals surface area contributed by atoms with E-state index in [1.54, 1.807) is 13.1 Å². The van der Waals surface area contributed by atoms with E-state index in [0.717, 1.165) is 0 Å². The fraction of sp³-hybridized carbons (Fsp3) is 0.611. The number of carbonyl (C=O) groups excluding carboxylic acids is 1. The lowest BCUT2D eigenvalue weighted by Crippen LogP contribution is -2.52. The van der Waals surface area contributed by atoms with E-state index in [0.29, 0.717) is 31.2 Å². The molecule has 1 N–H and O–H groups in total.